The van der Waals surface area contributed by atoms with E-state index in [2.05, 4.69) is 16.4 Å². The number of amides is 1. The Bertz CT molecular complexity index is 1200. The minimum absolute atomic E-state index is 0.0653. The van der Waals surface area contributed by atoms with Crippen LogP contribution in [0.15, 0.2) is 45.4 Å². The molecule has 1 aliphatic heterocycles. The fraction of sp³-hybridized carbons (Fsp3) is 0.333. The number of nitrogens with zero attached hydrogens (tertiary/aromatic N) is 3. The number of ether oxygens (including phenoxy) is 2. The normalized spacial score (nSPS) is 13.9. The molecule has 1 saturated heterocycles. The quantitative estimate of drug-likeness (QED) is 0.524. The number of hydrogen-bond donors (Lipinski definition) is 1. The summed E-state index contributed by atoms with van der Waals surface area (Å²) in [4.78, 5) is 30.9. The monoisotopic (exact) mass is 464 g/mol. The molecule has 0 radical (unpaired) electrons. The number of piperidine rings is 1. The Hall–Kier alpha value is -4.26. The number of aromatic nitrogens is 1. The van der Waals surface area contributed by atoms with E-state index in [1.807, 2.05) is 4.90 Å². The van der Waals surface area contributed by atoms with Gasteiger partial charge in [0.1, 0.15) is 17.4 Å². The molecular weight excluding hydrogens is 440 g/mol. The molecule has 1 N–H and O–H groups in total. The van der Waals surface area contributed by atoms with Crippen LogP contribution in [0.2, 0.25) is 0 Å². The van der Waals surface area contributed by atoms with Crippen molar-refractivity contribution in [2.45, 2.75) is 19.4 Å². The average Bonchev–Trinajstić information content (AvgIpc) is 3.57. The second kappa shape index (κ2) is 10.1. The fourth-order valence-corrected chi connectivity index (χ4v) is 3.92. The highest BCUT2D eigenvalue weighted by Crippen LogP contribution is 2.31. The van der Waals surface area contributed by atoms with E-state index >= 15 is 0 Å². The van der Waals surface area contributed by atoms with Crippen LogP contribution in [0, 0.1) is 17.2 Å². The number of esters is 1. The summed E-state index contributed by atoms with van der Waals surface area (Å²) in [6.45, 7) is 1.38. The summed E-state index contributed by atoms with van der Waals surface area (Å²) in [5.41, 5.74) is 1.26. The molecule has 3 heterocycles. The van der Waals surface area contributed by atoms with Gasteiger partial charge in [-0.15, -0.1) is 0 Å². The van der Waals surface area contributed by atoms with Crippen LogP contribution in [0.5, 0.6) is 5.75 Å². The lowest BCUT2D eigenvalue weighted by Gasteiger charge is -2.31. The van der Waals surface area contributed by atoms with Crippen molar-refractivity contribution >= 4 is 17.8 Å². The van der Waals surface area contributed by atoms with Gasteiger partial charge >= 0.3 is 5.97 Å². The van der Waals surface area contributed by atoms with Gasteiger partial charge in [0, 0.05) is 25.6 Å². The zero-order chi connectivity index (χ0) is 24.1. The number of carbonyl (C=O) groups is 2. The van der Waals surface area contributed by atoms with Crippen molar-refractivity contribution in [1.29, 1.82) is 5.26 Å². The van der Waals surface area contributed by atoms with Crippen LogP contribution >= 0.6 is 0 Å². The van der Waals surface area contributed by atoms with Crippen LogP contribution in [-0.4, -0.2) is 44.2 Å². The molecule has 0 atom stereocenters. The number of nitrogens with one attached hydrogen (secondary N) is 1. The minimum atomic E-state index is -0.503. The standard InChI is InChI=1S/C24H24N4O6/c1-31-19-6-5-15(12-17(19)24(30)32-2)14-26-21(29)16-7-9-28(10-8-16)23-18(13-25)27-22(34-23)20-4-3-11-33-20/h3-6,11-12,16H,7-10,14H2,1-2H3,(H,26,29). The average molecular weight is 464 g/mol. The molecule has 2 aromatic heterocycles. The molecule has 1 aromatic carbocycles. The Morgan fingerprint density at radius 1 is 1.26 bits per heavy atom. The maximum absolute atomic E-state index is 12.7. The maximum Gasteiger partial charge on any atom is 0.341 e. The van der Waals surface area contributed by atoms with E-state index in [1.54, 1.807) is 30.3 Å². The number of methoxy groups -OCH3 is 2. The van der Waals surface area contributed by atoms with Gasteiger partial charge < -0.3 is 28.5 Å². The SMILES string of the molecule is COC(=O)c1cc(CNC(=O)C2CCN(c3oc(-c4ccco4)nc3C#N)CC2)ccc1OC. The molecule has 1 aliphatic rings. The molecule has 1 fully saturated rings. The molecule has 0 spiro atoms. The van der Waals surface area contributed by atoms with Crippen LogP contribution in [0.1, 0.15) is 34.5 Å². The fourth-order valence-electron chi connectivity index (χ4n) is 3.92. The van der Waals surface area contributed by atoms with Gasteiger partial charge in [-0.25, -0.2) is 4.79 Å². The van der Waals surface area contributed by atoms with Crippen LogP contribution in [0.3, 0.4) is 0 Å². The lowest BCUT2D eigenvalue weighted by atomic mass is 9.95. The highest BCUT2D eigenvalue weighted by atomic mass is 16.5. The van der Waals surface area contributed by atoms with Gasteiger partial charge in [-0.05, 0) is 42.7 Å². The summed E-state index contributed by atoms with van der Waals surface area (Å²) < 4.78 is 21.1. The van der Waals surface area contributed by atoms with E-state index < -0.39 is 5.97 Å². The van der Waals surface area contributed by atoms with Gasteiger partial charge in [0.05, 0.1) is 20.5 Å². The van der Waals surface area contributed by atoms with Gasteiger partial charge in [0.15, 0.2) is 5.76 Å². The van der Waals surface area contributed by atoms with Crippen molar-refractivity contribution in [2.24, 2.45) is 5.92 Å². The Labute approximate surface area is 196 Å². The van der Waals surface area contributed by atoms with E-state index in [0.717, 1.165) is 5.56 Å². The molecule has 10 heteroatoms. The van der Waals surface area contributed by atoms with Gasteiger partial charge in [-0.1, -0.05) is 6.07 Å². The Morgan fingerprint density at radius 2 is 2.06 bits per heavy atom. The number of benzene rings is 1. The Kier molecular flexibility index (Phi) is 6.82. The zero-order valence-corrected chi connectivity index (χ0v) is 18.9. The van der Waals surface area contributed by atoms with Gasteiger partial charge in [0.2, 0.25) is 17.5 Å². The highest BCUT2D eigenvalue weighted by molar-refractivity contribution is 5.92. The third kappa shape index (κ3) is 4.73. The molecule has 0 unspecified atom stereocenters. The van der Waals surface area contributed by atoms with Crippen LogP contribution in [0.25, 0.3) is 11.7 Å². The summed E-state index contributed by atoms with van der Waals surface area (Å²) in [5.74, 6) is 0.761. The van der Waals surface area contributed by atoms with E-state index in [1.165, 1.54) is 20.5 Å². The molecular formula is C24H24N4O6. The van der Waals surface area contributed by atoms with Crippen molar-refractivity contribution in [3.8, 4) is 23.5 Å². The second-order valence-electron chi connectivity index (χ2n) is 7.77. The van der Waals surface area contributed by atoms with Crippen LogP contribution in [0.4, 0.5) is 5.88 Å². The minimum Gasteiger partial charge on any atom is -0.496 e. The van der Waals surface area contributed by atoms with Crippen molar-refractivity contribution in [3.63, 3.8) is 0 Å². The van der Waals surface area contributed by atoms with Gasteiger partial charge in [0.25, 0.3) is 5.89 Å². The molecule has 176 valence electrons. The van der Waals surface area contributed by atoms with E-state index in [9.17, 15) is 14.9 Å². The predicted molar refractivity (Wildman–Crippen MR) is 120 cm³/mol. The van der Waals surface area contributed by atoms with Crippen molar-refractivity contribution in [3.05, 3.63) is 53.4 Å². The number of furan rings is 1. The van der Waals surface area contributed by atoms with Crippen LogP contribution in [-0.2, 0) is 16.1 Å². The number of carbonyl (C=O) groups excluding carboxylic acids is 2. The molecule has 34 heavy (non-hydrogen) atoms. The molecule has 0 aliphatic carbocycles. The van der Waals surface area contributed by atoms with Gasteiger partial charge in [-0.2, -0.15) is 10.2 Å². The van der Waals surface area contributed by atoms with E-state index in [-0.39, 0.29) is 30.0 Å². The first kappa shape index (κ1) is 22.9. The lowest BCUT2D eigenvalue weighted by molar-refractivity contribution is -0.125. The summed E-state index contributed by atoms with van der Waals surface area (Å²) in [7, 11) is 2.78. The third-order valence-corrected chi connectivity index (χ3v) is 5.74. The van der Waals surface area contributed by atoms with Crippen molar-refractivity contribution < 1.29 is 27.9 Å². The summed E-state index contributed by atoms with van der Waals surface area (Å²) in [5, 5.41) is 12.4. The first-order valence-electron chi connectivity index (χ1n) is 10.8. The zero-order valence-electron chi connectivity index (χ0n) is 18.9. The van der Waals surface area contributed by atoms with Crippen LogP contribution < -0.4 is 15.0 Å². The molecule has 1 amide bonds. The molecule has 4 rings (SSSR count). The molecule has 10 nitrogen and oxygen atoms in total. The number of anilines is 1. The van der Waals surface area contributed by atoms with E-state index in [4.69, 9.17) is 18.3 Å². The molecule has 3 aromatic rings. The van der Waals surface area contributed by atoms with Crippen molar-refractivity contribution in [1.82, 2.24) is 10.3 Å². The maximum atomic E-state index is 12.7. The second-order valence-corrected chi connectivity index (χ2v) is 7.77. The Morgan fingerprint density at radius 3 is 2.71 bits per heavy atom. The summed E-state index contributed by atoms with van der Waals surface area (Å²) in [6, 6.07) is 10.6. The number of oxazole rings is 1. The highest BCUT2D eigenvalue weighted by Gasteiger charge is 2.29. The number of nitriles is 1. The topological polar surface area (TPSA) is 131 Å². The van der Waals surface area contributed by atoms with E-state index in [0.29, 0.717) is 48.9 Å². The molecule has 0 saturated carbocycles. The first-order chi connectivity index (χ1) is 16.5. The molecule has 0 bridgehead atoms. The largest absolute Gasteiger partial charge is 0.496 e. The summed E-state index contributed by atoms with van der Waals surface area (Å²) >= 11 is 0. The van der Waals surface area contributed by atoms with Gasteiger partial charge in [-0.3, -0.25) is 4.79 Å². The summed E-state index contributed by atoms with van der Waals surface area (Å²) in [6.07, 6.45) is 2.71. The Balaban J connectivity index is 1.35. The number of rotatable bonds is 7. The third-order valence-electron chi connectivity index (χ3n) is 5.74. The number of hydrogen-bond acceptors (Lipinski definition) is 9. The lowest BCUT2D eigenvalue weighted by Crippen LogP contribution is -2.40. The van der Waals surface area contributed by atoms with Crippen molar-refractivity contribution in [2.75, 3.05) is 32.2 Å². The first-order valence-corrected chi connectivity index (χ1v) is 10.8. The smallest absolute Gasteiger partial charge is 0.341 e. The predicted octanol–water partition coefficient (Wildman–Crippen LogP) is 3.13.